The van der Waals surface area contributed by atoms with Crippen molar-refractivity contribution >= 4 is 28.6 Å². The SMILES string of the molecule is FC(F)(F)c1cccc(CNc2nc(C3CC3)nc3c2nnn3Cc2ccccc2Cl)c1. The highest BCUT2D eigenvalue weighted by Crippen LogP contribution is 2.39. The Hall–Kier alpha value is -3.20. The van der Waals surface area contributed by atoms with Crippen LogP contribution < -0.4 is 5.32 Å². The first-order chi connectivity index (χ1) is 15.4. The van der Waals surface area contributed by atoms with E-state index in [9.17, 15) is 13.2 Å². The zero-order valence-electron chi connectivity index (χ0n) is 16.8. The number of halogens is 4. The molecule has 2 aromatic heterocycles. The fraction of sp³-hybridized carbons (Fsp3) is 0.273. The molecular formula is C22H18ClF3N6. The zero-order valence-corrected chi connectivity index (χ0v) is 17.5. The van der Waals surface area contributed by atoms with Gasteiger partial charge >= 0.3 is 6.18 Å². The molecule has 32 heavy (non-hydrogen) atoms. The molecule has 0 unspecified atom stereocenters. The van der Waals surface area contributed by atoms with Crippen molar-refractivity contribution in [2.45, 2.75) is 38.0 Å². The maximum Gasteiger partial charge on any atom is 0.416 e. The smallest absolute Gasteiger partial charge is 0.364 e. The number of nitrogens with one attached hydrogen (secondary N) is 1. The lowest BCUT2D eigenvalue weighted by Crippen LogP contribution is -2.09. The molecule has 1 aliphatic carbocycles. The van der Waals surface area contributed by atoms with Gasteiger partial charge in [0.15, 0.2) is 17.0 Å². The van der Waals surface area contributed by atoms with Gasteiger partial charge in [-0.1, -0.05) is 47.1 Å². The van der Waals surface area contributed by atoms with Crippen molar-refractivity contribution in [1.82, 2.24) is 25.0 Å². The molecule has 0 atom stereocenters. The Kier molecular flexibility index (Phi) is 5.21. The molecule has 10 heteroatoms. The molecule has 0 spiro atoms. The fourth-order valence-electron chi connectivity index (χ4n) is 3.46. The van der Waals surface area contributed by atoms with Crippen molar-refractivity contribution in [3.8, 4) is 0 Å². The maximum atomic E-state index is 13.0. The van der Waals surface area contributed by atoms with E-state index in [1.807, 2.05) is 24.3 Å². The van der Waals surface area contributed by atoms with Crippen LogP contribution in [0.1, 0.15) is 41.3 Å². The Morgan fingerprint density at radius 1 is 1.06 bits per heavy atom. The van der Waals surface area contributed by atoms with Gasteiger partial charge < -0.3 is 5.32 Å². The number of nitrogens with zero attached hydrogens (tertiary/aromatic N) is 5. The molecule has 164 valence electrons. The Morgan fingerprint density at radius 2 is 1.88 bits per heavy atom. The average molecular weight is 459 g/mol. The third-order valence-electron chi connectivity index (χ3n) is 5.31. The fourth-order valence-corrected chi connectivity index (χ4v) is 3.65. The predicted molar refractivity (Wildman–Crippen MR) is 114 cm³/mol. The van der Waals surface area contributed by atoms with E-state index in [1.165, 1.54) is 6.07 Å². The van der Waals surface area contributed by atoms with Crippen molar-refractivity contribution in [3.05, 3.63) is 76.1 Å². The minimum Gasteiger partial charge on any atom is -0.364 e. The number of benzene rings is 2. The predicted octanol–water partition coefficient (Wildman–Crippen LogP) is 5.43. The van der Waals surface area contributed by atoms with Gasteiger partial charge in [0.1, 0.15) is 5.82 Å². The number of rotatable bonds is 6. The van der Waals surface area contributed by atoms with Crippen LogP contribution in [-0.4, -0.2) is 25.0 Å². The summed E-state index contributed by atoms with van der Waals surface area (Å²) in [4.78, 5) is 9.28. The second-order valence-corrected chi connectivity index (χ2v) is 8.17. The molecule has 0 aliphatic heterocycles. The summed E-state index contributed by atoms with van der Waals surface area (Å²) >= 11 is 6.29. The molecule has 1 N–H and O–H groups in total. The molecular weight excluding hydrogens is 441 g/mol. The molecule has 1 saturated carbocycles. The molecule has 0 bridgehead atoms. The summed E-state index contributed by atoms with van der Waals surface area (Å²) in [6.07, 6.45) is -2.38. The van der Waals surface area contributed by atoms with Crippen molar-refractivity contribution in [1.29, 1.82) is 0 Å². The summed E-state index contributed by atoms with van der Waals surface area (Å²) in [7, 11) is 0. The van der Waals surface area contributed by atoms with Crippen LogP contribution in [0.5, 0.6) is 0 Å². The van der Waals surface area contributed by atoms with Gasteiger partial charge in [-0.05, 0) is 42.2 Å². The normalized spacial score (nSPS) is 14.1. The van der Waals surface area contributed by atoms with Crippen LogP contribution in [0.2, 0.25) is 5.02 Å². The first-order valence-electron chi connectivity index (χ1n) is 10.1. The lowest BCUT2D eigenvalue weighted by Gasteiger charge is -2.11. The number of aromatic nitrogens is 5. The third-order valence-corrected chi connectivity index (χ3v) is 5.68. The Morgan fingerprint density at radius 3 is 2.62 bits per heavy atom. The van der Waals surface area contributed by atoms with E-state index in [0.29, 0.717) is 39.9 Å². The molecule has 2 aromatic carbocycles. The van der Waals surface area contributed by atoms with Gasteiger partial charge in [0.25, 0.3) is 0 Å². The van der Waals surface area contributed by atoms with Crippen LogP contribution in [0.15, 0.2) is 48.5 Å². The van der Waals surface area contributed by atoms with Crippen molar-refractivity contribution in [2.24, 2.45) is 0 Å². The van der Waals surface area contributed by atoms with Gasteiger partial charge in [-0.15, -0.1) is 5.10 Å². The van der Waals surface area contributed by atoms with E-state index in [-0.39, 0.29) is 12.5 Å². The first kappa shape index (κ1) is 20.7. The van der Waals surface area contributed by atoms with Gasteiger partial charge in [0.2, 0.25) is 0 Å². The maximum absolute atomic E-state index is 13.0. The van der Waals surface area contributed by atoms with Crippen LogP contribution in [0.4, 0.5) is 19.0 Å². The van der Waals surface area contributed by atoms with E-state index in [0.717, 1.165) is 30.5 Å². The van der Waals surface area contributed by atoms with Gasteiger partial charge in [-0.2, -0.15) is 13.2 Å². The summed E-state index contributed by atoms with van der Waals surface area (Å²) < 4.78 is 40.7. The zero-order chi connectivity index (χ0) is 22.3. The Balaban J connectivity index is 1.47. The number of anilines is 1. The highest BCUT2D eigenvalue weighted by molar-refractivity contribution is 6.31. The van der Waals surface area contributed by atoms with Gasteiger partial charge in [-0.3, -0.25) is 0 Å². The minimum absolute atomic E-state index is 0.164. The molecule has 5 rings (SSSR count). The van der Waals surface area contributed by atoms with E-state index < -0.39 is 11.7 Å². The van der Waals surface area contributed by atoms with Crippen molar-refractivity contribution in [3.63, 3.8) is 0 Å². The van der Waals surface area contributed by atoms with Crippen molar-refractivity contribution < 1.29 is 13.2 Å². The molecule has 0 amide bonds. The van der Waals surface area contributed by atoms with Crippen LogP contribution in [-0.2, 0) is 19.3 Å². The number of hydrogen-bond acceptors (Lipinski definition) is 5. The Labute approximate surface area is 186 Å². The van der Waals surface area contributed by atoms with E-state index >= 15 is 0 Å². The summed E-state index contributed by atoms with van der Waals surface area (Å²) in [5.74, 6) is 1.42. The molecule has 6 nitrogen and oxygen atoms in total. The van der Waals surface area contributed by atoms with Gasteiger partial charge in [0, 0.05) is 17.5 Å². The highest BCUT2D eigenvalue weighted by atomic mass is 35.5. The molecule has 2 heterocycles. The molecule has 4 aromatic rings. The summed E-state index contributed by atoms with van der Waals surface area (Å²) in [5.41, 5.74) is 1.71. The molecule has 0 radical (unpaired) electrons. The summed E-state index contributed by atoms with van der Waals surface area (Å²) in [6, 6.07) is 12.7. The van der Waals surface area contributed by atoms with Crippen LogP contribution in [0.25, 0.3) is 11.2 Å². The lowest BCUT2D eigenvalue weighted by atomic mass is 10.1. The van der Waals surface area contributed by atoms with Gasteiger partial charge in [0.05, 0.1) is 12.1 Å². The largest absolute Gasteiger partial charge is 0.416 e. The standard InChI is InChI=1S/C22H18ClF3N6/c23-17-7-2-1-5-15(17)12-32-21-18(30-31-32)20(28-19(29-21)14-8-9-14)27-11-13-4-3-6-16(10-13)22(24,25)26/h1-7,10,14H,8-9,11-12H2,(H,27,28,29). The number of fused-ring (bicyclic) bond motifs is 1. The lowest BCUT2D eigenvalue weighted by molar-refractivity contribution is -0.137. The summed E-state index contributed by atoms with van der Waals surface area (Å²) in [6.45, 7) is 0.557. The van der Waals surface area contributed by atoms with E-state index in [2.05, 4.69) is 25.6 Å². The second kappa shape index (κ2) is 8.05. The monoisotopic (exact) mass is 458 g/mol. The van der Waals surface area contributed by atoms with Crippen LogP contribution in [0.3, 0.4) is 0 Å². The molecule has 0 saturated heterocycles. The highest BCUT2D eigenvalue weighted by Gasteiger charge is 2.31. The summed E-state index contributed by atoms with van der Waals surface area (Å²) in [5, 5.41) is 12.2. The van der Waals surface area contributed by atoms with Crippen LogP contribution in [0, 0.1) is 0 Å². The second-order valence-electron chi connectivity index (χ2n) is 7.77. The third kappa shape index (κ3) is 4.25. The van der Waals surface area contributed by atoms with E-state index in [1.54, 1.807) is 10.7 Å². The molecule has 1 aliphatic rings. The number of hydrogen-bond donors (Lipinski definition) is 1. The van der Waals surface area contributed by atoms with E-state index in [4.69, 9.17) is 11.6 Å². The molecule has 1 fully saturated rings. The van der Waals surface area contributed by atoms with Crippen LogP contribution >= 0.6 is 11.6 Å². The van der Waals surface area contributed by atoms with Gasteiger partial charge in [-0.25, -0.2) is 14.6 Å². The first-order valence-corrected chi connectivity index (χ1v) is 10.5. The minimum atomic E-state index is -4.39. The number of alkyl halides is 3. The average Bonchev–Trinajstić information content (AvgIpc) is 3.55. The Bertz CT molecular complexity index is 1280. The quantitative estimate of drug-likeness (QED) is 0.417. The topological polar surface area (TPSA) is 68.5 Å². The van der Waals surface area contributed by atoms with Crippen molar-refractivity contribution in [2.75, 3.05) is 5.32 Å².